The number of carbonyl (C=O) groups is 2. The molecule has 1 aliphatic heterocycles. The van der Waals surface area contributed by atoms with Gasteiger partial charge in [0.05, 0.1) is 15.6 Å². The number of carbonyl (C=O) groups excluding carboxylic acids is 2. The van der Waals surface area contributed by atoms with Crippen LogP contribution in [0.15, 0.2) is 70.7 Å². The van der Waals surface area contributed by atoms with Crippen molar-refractivity contribution >= 4 is 58.2 Å². The lowest BCUT2D eigenvalue weighted by Crippen LogP contribution is -2.54. The standard InChI is InChI=1S/C21H12ClN3O5S/c22-16-6-1-2-7-17(16)24-20(27)15(19(26)23-21(24)31)11-14-8-9-18(30-14)12-4-3-5-13(10-12)25(28)29/h1-11H,(H,23,26,31)/b15-11+. The van der Waals surface area contributed by atoms with Gasteiger partial charge >= 0.3 is 0 Å². The smallest absolute Gasteiger partial charge is 0.270 e. The second kappa shape index (κ2) is 8.13. The molecule has 0 unspecified atom stereocenters. The second-order valence-corrected chi connectivity index (χ2v) is 7.21. The van der Waals surface area contributed by atoms with Gasteiger partial charge in [-0.2, -0.15) is 0 Å². The van der Waals surface area contributed by atoms with Crippen molar-refractivity contribution in [1.29, 1.82) is 0 Å². The molecule has 1 fully saturated rings. The summed E-state index contributed by atoms with van der Waals surface area (Å²) < 4.78 is 5.69. The lowest BCUT2D eigenvalue weighted by Gasteiger charge is -2.29. The normalized spacial score (nSPS) is 15.3. The van der Waals surface area contributed by atoms with E-state index in [0.29, 0.717) is 22.0 Å². The lowest BCUT2D eigenvalue weighted by atomic mass is 10.1. The van der Waals surface area contributed by atoms with Crippen LogP contribution in [0.1, 0.15) is 5.76 Å². The molecule has 10 heteroatoms. The Morgan fingerprint density at radius 1 is 1.10 bits per heavy atom. The number of nitro benzene ring substituents is 1. The topological polar surface area (TPSA) is 106 Å². The number of para-hydroxylation sites is 1. The van der Waals surface area contributed by atoms with E-state index in [2.05, 4.69) is 5.32 Å². The maximum atomic E-state index is 13.0. The number of benzene rings is 2. The Morgan fingerprint density at radius 2 is 1.87 bits per heavy atom. The highest BCUT2D eigenvalue weighted by molar-refractivity contribution is 7.80. The number of hydrogen-bond acceptors (Lipinski definition) is 6. The summed E-state index contributed by atoms with van der Waals surface area (Å²) in [5.41, 5.74) is 0.534. The highest BCUT2D eigenvalue weighted by Gasteiger charge is 2.35. The third kappa shape index (κ3) is 3.96. The quantitative estimate of drug-likeness (QED) is 0.207. The van der Waals surface area contributed by atoms with Gasteiger partial charge in [-0.3, -0.25) is 29.9 Å². The predicted octanol–water partition coefficient (Wildman–Crippen LogP) is 4.34. The van der Waals surface area contributed by atoms with Crippen molar-refractivity contribution < 1.29 is 18.9 Å². The van der Waals surface area contributed by atoms with Crippen LogP contribution in [-0.2, 0) is 9.59 Å². The molecule has 2 heterocycles. The van der Waals surface area contributed by atoms with E-state index in [1.54, 1.807) is 42.5 Å². The number of halogens is 1. The number of hydrogen-bond donors (Lipinski definition) is 1. The maximum Gasteiger partial charge on any atom is 0.270 e. The second-order valence-electron chi connectivity index (χ2n) is 6.42. The molecule has 2 amide bonds. The molecule has 1 saturated heterocycles. The number of rotatable bonds is 4. The van der Waals surface area contributed by atoms with Crippen molar-refractivity contribution in [1.82, 2.24) is 5.32 Å². The van der Waals surface area contributed by atoms with Crippen LogP contribution in [0.5, 0.6) is 0 Å². The number of nitrogens with one attached hydrogen (secondary N) is 1. The Morgan fingerprint density at radius 3 is 2.61 bits per heavy atom. The Bertz CT molecular complexity index is 1280. The number of non-ortho nitro benzene ring substituents is 1. The van der Waals surface area contributed by atoms with Gasteiger partial charge in [-0.25, -0.2) is 0 Å². The molecule has 31 heavy (non-hydrogen) atoms. The van der Waals surface area contributed by atoms with Crippen LogP contribution in [0.3, 0.4) is 0 Å². The van der Waals surface area contributed by atoms with Gasteiger partial charge in [-0.15, -0.1) is 0 Å². The predicted molar refractivity (Wildman–Crippen MR) is 118 cm³/mol. The average Bonchev–Trinajstić information content (AvgIpc) is 3.21. The Labute approximate surface area is 185 Å². The first kappa shape index (κ1) is 20.5. The molecule has 1 aromatic heterocycles. The van der Waals surface area contributed by atoms with Crippen LogP contribution in [0.25, 0.3) is 17.4 Å². The fraction of sp³-hybridized carbons (Fsp3) is 0. The minimum Gasteiger partial charge on any atom is -0.457 e. The monoisotopic (exact) mass is 453 g/mol. The van der Waals surface area contributed by atoms with Crippen LogP contribution in [-0.4, -0.2) is 21.9 Å². The molecular formula is C21H12ClN3O5S. The van der Waals surface area contributed by atoms with Gasteiger partial charge in [-0.05, 0) is 42.6 Å². The average molecular weight is 454 g/mol. The van der Waals surface area contributed by atoms with Crippen molar-refractivity contribution in [3.63, 3.8) is 0 Å². The van der Waals surface area contributed by atoms with E-state index in [1.165, 1.54) is 24.3 Å². The zero-order chi connectivity index (χ0) is 22.1. The first-order valence-corrected chi connectivity index (χ1v) is 9.64. The third-order valence-corrected chi connectivity index (χ3v) is 5.05. The van der Waals surface area contributed by atoms with E-state index in [0.717, 1.165) is 4.90 Å². The number of amides is 2. The fourth-order valence-electron chi connectivity index (χ4n) is 3.01. The first-order chi connectivity index (χ1) is 14.8. The van der Waals surface area contributed by atoms with Gasteiger partial charge in [0.2, 0.25) is 0 Å². The van der Waals surface area contributed by atoms with Gasteiger partial charge in [0.15, 0.2) is 5.11 Å². The molecule has 154 valence electrons. The molecule has 2 aromatic carbocycles. The van der Waals surface area contributed by atoms with Crippen LogP contribution in [0.2, 0.25) is 5.02 Å². The summed E-state index contributed by atoms with van der Waals surface area (Å²) in [4.78, 5) is 37.1. The SMILES string of the molecule is O=C1NC(=S)N(c2ccccc2Cl)C(=O)/C1=C/c1ccc(-c2cccc([N+](=O)[O-])c2)o1. The molecular weight excluding hydrogens is 442 g/mol. The summed E-state index contributed by atoms with van der Waals surface area (Å²) in [7, 11) is 0. The summed E-state index contributed by atoms with van der Waals surface area (Å²) in [5.74, 6) is -0.772. The Kier molecular flexibility index (Phi) is 5.37. The molecule has 1 N–H and O–H groups in total. The van der Waals surface area contributed by atoms with Gasteiger partial charge < -0.3 is 4.42 Å². The Hall–Kier alpha value is -3.82. The fourth-order valence-corrected chi connectivity index (χ4v) is 3.50. The van der Waals surface area contributed by atoms with Crippen LogP contribution in [0.4, 0.5) is 11.4 Å². The zero-order valence-electron chi connectivity index (χ0n) is 15.6. The lowest BCUT2D eigenvalue weighted by molar-refractivity contribution is -0.384. The van der Waals surface area contributed by atoms with Crippen molar-refractivity contribution in [2.75, 3.05) is 4.90 Å². The molecule has 1 aliphatic rings. The van der Waals surface area contributed by atoms with Crippen molar-refractivity contribution in [2.45, 2.75) is 0 Å². The third-order valence-electron chi connectivity index (χ3n) is 4.45. The van der Waals surface area contributed by atoms with E-state index < -0.39 is 16.7 Å². The van der Waals surface area contributed by atoms with Crippen molar-refractivity contribution in [2.24, 2.45) is 0 Å². The Balaban J connectivity index is 1.68. The highest BCUT2D eigenvalue weighted by atomic mass is 35.5. The van der Waals surface area contributed by atoms with E-state index in [-0.39, 0.29) is 22.1 Å². The molecule has 3 aromatic rings. The molecule has 0 atom stereocenters. The number of thiocarbonyl (C=S) groups is 1. The first-order valence-electron chi connectivity index (χ1n) is 8.86. The minimum atomic E-state index is -0.674. The summed E-state index contributed by atoms with van der Waals surface area (Å²) in [6, 6.07) is 15.7. The molecule has 0 spiro atoms. The van der Waals surface area contributed by atoms with Crippen LogP contribution >= 0.6 is 23.8 Å². The zero-order valence-corrected chi connectivity index (χ0v) is 17.1. The van der Waals surface area contributed by atoms with Crippen molar-refractivity contribution in [3.8, 4) is 11.3 Å². The number of furan rings is 1. The molecule has 0 saturated carbocycles. The van der Waals surface area contributed by atoms with Gasteiger partial charge in [-0.1, -0.05) is 35.9 Å². The van der Waals surface area contributed by atoms with Gasteiger partial charge in [0, 0.05) is 17.7 Å². The number of nitro groups is 1. The number of anilines is 1. The van der Waals surface area contributed by atoms with E-state index in [9.17, 15) is 19.7 Å². The summed E-state index contributed by atoms with van der Waals surface area (Å²) in [6.45, 7) is 0. The van der Waals surface area contributed by atoms with Gasteiger partial charge in [0.1, 0.15) is 17.1 Å². The van der Waals surface area contributed by atoms with Crippen LogP contribution < -0.4 is 10.2 Å². The largest absolute Gasteiger partial charge is 0.457 e. The summed E-state index contributed by atoms with van der Waals surface area (Å²) in [6.07, 6.45) is 1.28. The summed E-state index contributed by atoms with van der Waals surface area (Å²) >= 11 is 11.3. The van der Waals surface area contributed by atoms with Gasteiger partial charge in [0.25, 0.3) is 17.5 Å². The molecule has 8 nitrogen and oxygen atoms in total. The number of nitrogens with zero attached hydrogens (tertiary/aromatic N) is 2. The summed E-state index contributed by atoms with van der Waals surface area (Å²) in [5, 5.41) is 13.7. The van der Waals surface area contributed by atoms with E-state index in [1.807, 2.05) is 0 Å². The molecule has 0 aliphatic carbocycles. The van der Waals surface area contributed by atoms with Crippen LogP contribution in [0, 0.1) is 10.1 Å². The molecule has 0 radical (unpaired) electrons. The van der Waals surface area contributed by atoms with E-state index in [4.69, 9.17) is 28.2 Å². The molecule has 0 bridgehead atoms. The van der Waals surface area contributed by atoms with Crippen molar-refractivity contribution in [3.05, 3.63) is 87.1 Å². The molecule has 4 rings (SSSR count). The van der Waals surface area contributed by atoms with E-state index >= 15 is 0 Å². The minimum absolute atomic E-state index is 0.0838. The highest BCUT2D eigenvalue weighted by Crippen LogP contribution is 2.30. The maximum absolute atomic E-state index is 13.0.